The lowest BCUT2D eigenvalue weighted by atomic mass is 10.2. The fourth-order valence-electron chi connectivity index (χ4n) is 1.67. The van der Waals surface area contributed by atoms with E-state index in [0.717, 1.165) is 0 Å². The number of carbonyl (C=O) groups excluding carboxylic acids is 1. The van der Waals surface area contributed by atoms with Crippen LogP contribution in [-0.2, 0) is 0 Å². The molecule has 0 radical (unpaired) electrons. The molecular formula is C15H15FN2O2. The lowest BCUT2D eigenvalue weighted by molar-refractivity contribution is 0.102. The van der Waals surface area contributed by atoms with E-state index in [1.165, 1.54) is 18.2 Å². The Morgan fingerprint density at radius 1 is 1.20 bits per heavy atom. The highest BCUT2D eigenvalue weighted by Crippen LogP contribution is 2.18. The molecule has 0 aliphatic heterocycles. The zero-order valence-electron chi connectivity index (χ0n) is 10.8. The number of carbonyl (C=O) groups is 1. The second-order valence-electron chi connectivity index (χ2n) is 4.13. The number of anilines is 1. The van der Waals surface area contributed by atoms with Crippen molar-refractivity contribution in [1.82, 2.24) is 0 Å². The summed E-state index contributed by atoms with van der Waals surface area (Å²) in [6.45, 7) is 0.821. The molecule has 2 rings (SSSR count). The number of halogens is 1. The number of ether oxygens (including phenoxy) is 1. The summed E-state index contributed by atoms with van der Waals surface area (Å²) >= 11 is 0. The van der Waals surface area contributed by atoms with Gasteiger partial charge in [0.05, 0.1) is 0 Å². The van der Waals surface area contributed by atoms with E-state index < -0.39 is 5.82 Å². The Kier molecular flexibility index (Phi) is 4.68. The molecule has 0 saturated carbocycles. The highest BCUT2D eigenvalue weighted by Gasteiger charge is 2.07. The summed E-state index contributed by atoms with van der Waals surface area (Å²) in [7, 11) is 0. The van der Waals surface area contributed by atoms with Crippen LogP contribution in [0.4, 0.5) is 10.1 Å². The number of hydrogen-bond acceptors (Lipinski definition) is 3. The minimum absolute atomic E-state index is 0.262. The molecule has 5 heteroatoms. The third-order valence-corrected chi connectivity index (χ3v) is 2.57. The molecule has 2 aromatic carbocycles. The molecule has 1 amide bonds. The first-order chi connectivity index (χ1) is 9.69. The third kappa shape index (κ3) is 3.80. The van der Waals surface area contributed by atoms with Gasteiger partial charge in [0.15, 0.2) is 0 Å². The van der Waals surface area contributed by atoms with Crippen LogP contribution < -0.4 is 15.8 Å². The van der Waals surface area contributed by atoms with Crippen molar-refractivity contribution >= 4 is 11.6 Å². The molecule has 0 saturated heterocycles. The first-order valence-electron chi connectivity index (χ1n) is 6.19. The van der Waals surface area contributed by atoms with E-state index in [2.05, 4.69) is 5.32 Å². The number of nitrogens with two attached hydrogens (primary N) is 1. The van der Waals surface area contributed by atoms with Gasteiger partial charge in [-0.15, -0.1) is 0 Å². The van der Waals surface area contributed by atoms with Gasteiger partial charge in [-0.05, 0) is 30.3 Å². The average Bonchev–Trinajstić information content (AvgIpc) is 2.45. The molecule has 4 nitrogen and oxygen atoms in total. The predicted octanol–water partition coefficient (Wildman–Crippen LogP) is 2.42. The van der Waals surface area contributed by atoms with E-state index in [1.54, 1.807) is 30.3 Å². The first kappa shape index (κ1) is 14.0. The Bertz CT molecular complexity index is 602. The van der Waals surface area contributed by atoms with Crippen LogP contribution in [0.5, 0.6) is 5.75 Å². The van der Waals surface area contributed by atoms with Gasteiger partial charge in [-0.2, -0.15) is 0 Å². The average molecular weight is 274 g/mol. The predicted molar refractivity (Wildman–Crippen MR) is 75.3 cm³/mol. The van der Waals surface area contributed by atoms with Crippen LogP contribution >= 0.6 is 0 Å². The van der Waals surface area contributed by atoms with Crippen molar-refractivity contribution in [2.45, 2.75) is 0 Å². The zero-order valence-corrected chi connectivity index (χ0v) is 10.8. The van der Waals surface area contributed by atoms with E-state index in [4.69, 9.17) is 10.5 Å². The lowest BCUT2D eigenvalue weighted by Gasteiger charge is -2.08. The van der Waals surface area contributed by atoms with E-state index in [0.29, 0.717) is 24.6 Å². The van der Waals surface area contributed by atoms with Gasteiger partial charge in [-0.3, -0.25) is 4.79 Å². The van der Waals surface area contributed by atoms with Gasteiger partial charge >= 0.3 is 0 Å². The molecule has 0 spiro atoms. The fraction of sp³-hybridized carbons (Fsp3) is 0.133. The topological polar surface area (TPSA) is 64.3 Å². The molecule has 2 aromatic rings. The molecule has 20 heavy (non-hydrogen) atoms. The summed E-state index contributed by atoms with van der Waals surface area (Å²) in [5, 5.41) is 2.69. The molecule has 0 unspecified atom stereocenters. The van der Waals surface area contributed by atoms with Crippen LogP contribution in [0.15, 0.2) is 48.5 Å². The Morgan fingerprint density at radius 3 is 2.75 bits per heavy atom. The second kappa shape index (κ2) is 6.68. The highest BCUT2D eigenvalue weighted by atomic mass is 19.1. The maximum Gasteiger partial charge on any atom is 0.255 e. The van der Waals surface area contributed by atoms with Crippen molar-refractivity contribution < 1.29 is 13.9 Å². The van der Waals surface area contributed by atoms with Crippen LogP contribution in [0.2, 0.25) is 0 Å². The Labute approximate surface area is 116 Å². The largest absolute Gasteiger partial charge is 0.492 e. The number of amides is 1. The quantitative estimate of drug-likeness (QED) is 0.880. The van der Waals surface area contributed by atoms with Crippen molar-refractivity contribution in [3.63, 3.8) is 0 Å². The van der Waals surface area contributed by atoms with Crippen molar-refractivity contribution in [3.8, 4) is 5.75 Å². The maximum atomic E-state index is 13.1. The summed E-state index contributed by atoms with van der Waals surface area (Å²) in [4.78, 5) is 12.0. The van der Waals surface area contributed by atoms with E-state index in [1.807, 2.05) is 0 Å². The van der Waals surface area contributed by atoms with Crippen LogP contribution in [0.25, 0.3) is 0 Å². The minimum Gasteiger partial charge on any atom is -0.492 e. The molecular weight excluding hydrogens is 259 g/mol. The molecule has 0 heterocycles. The lowest BCUT2D eigenvalue weighted by Crippen LogP contribution is -2.13. The molecule has 0 fully saturated rings. The third-order valence-electron chi connectivity index (χ3n) is 2.57. The first-order valence-corrected chi connectivity index (χ1v) is 6.19. The Balaban J connectivity index is 2.07. The van der Waals surface area contributed by atoms with Gasteiger partial charge in [0.2, 0.25) is 0 Å². The van der Waals surface area contributed by atoms with Gasteiger partial charge in [0.25, 0.3) is 5.91 Å². The number of rotatable bonds is 5. The van der Waals surface area contributed by atoms with Crippen molar-refractivity contribution in [2.24, 2.45) is 5.73 Å². The molecule has 0 atom stereocenters. The van der Waals surface area contributed by atoms with Gasteiger partial charge in [0.1, 0.15) is 18.2 Å². The minimum atomic E-state index is -0.447. The normalized spacial score (nSPS) is 10.1. The second-order valence-corrected chi connectivity index (χ2v) is 4.13. The summed E-state index contributed by atoms with van der Waals surface area (Å²) in [6.07, 6.45) is 0. The van der Waals surface area contributed by atoms with Crippen molar-refractivity contribution in [2.75, 3.05) is 18.5 Å². The van der Waals surface area contributed by atoms with Gasteiger partial charge in [0, 0.05) is 23.9 Å². The standard InChI is InChI=1S/C15H15FN2O2/c16-12-4-1-3-11(9-12)15(19)18-13-5-2-6-14(10-13)20-8-7-17/h1-6,9-10H,7-8,17H2,(H,18,19). The fourth-order valence-corrected chi connectivity index (χ4v) is 1.67. The zero-order chi connectivity index (χ0) is 14.4. The van der Waals surface area contributed by atoms with Crippen LogP contribution in [0, 0.1) is 5.82 Å². The Morgan fingerprint density at radius 2 is 2.00 bits per heavy atom. The van der Waals surface area contributed by atoms with E-state index in [-0.39, 0.29) is 11.5 Å². The van der Waals surface area contributed by atoms with Crippen molar-refractivity contribution in [3.05, 3.63) is 59.9 Å². The molecule has 0 aromatic heterocycles. The summed E-state index contributed by atoms with van der Waals surface area (Å²) in [5.41, 5.74) is 6.19. The number of benzene rings is 2. The number of nitrogens with one attached hydrogen (secondary N) is 1. The SMILES string of the molecule is NCCOc1cccc(NC(=O)c2cccc(F)c2)c1. The van der Waals surface area contributed by atoms with E-state index >= 15 is 0 Å². The van der Waals surface area contributed by atoms with Crippen LogP contribution in [0.1, 0.15) is 10.4 Å². The molecule has 3 N–H and O–H groups in total. The Hall–Kier alpha value is -2.40. The summed E-state index contributed by atoms with van der Waals surface area (Å²) in [6, 6.07) is 12.5. The van der Waals surface area contributed by atoms with Gasteiger partial charge in [-0.1, -0.05) is 12.1 Å². The van der Waals surface area contributed by atoms with Gasteiger partial charge < -0.3 is 15.8 Å². The molecule has 104 valence electrons. The maximum absolute atomic E-state index is 13.1. The van der Waals surface area contributed by atoms with Crippen LogP contribution in [0.3, 0.4) is 0 Å². The molecule has 0 bridgehead atoms. The van der Waals surface area contributed by atoms with Gasteiger partial charge in [-0.25, -0.2) is 4.39 Å². The molecule has 0 aliphatic carbocycles. The molecule has 0 aliphatic rings. The smallest absolute Gasteiger partial charge is 0.255 e. The number of hydrogen-bond donors (Lipinski definition) is 2. The monoisotopic (exact) mass is 274 g/mol. The summed E-state index contributed by atoms with van der Waals surface area (Å²) < 4.78 is 18.4. The summed E-state index contributed by atoms with van der Waals surface area (Å²) in [5.74, 6) is -0.203. The van der Waals surface area contributed by atoms with Crippen LogP contribution in [-0.4, -0.2) is 19.1 Å². The van der Waals surface area contributed by atoms with E-state index in [9.17, 15) is 9.18 Å². The highest BCUT2D eigenvalue weighted by molar-refractivity contribution is 6.04. The van der Waals surface area contributed by atoms with Crippen molar-refractivity contribution in [1.29, 1.82) is 0 Å².